The van der Waals surface area contributed by atoms with Gasteiger partial charge in [0.2, 0.25) is 5.91 Å². The van der Waals surface area contributed by atoms with Gasteiger partial charge in [-0.05, 0) is 123 Å². The van der Waals surface area contributed by atoms with E-state index >= 15 is 0 Å². The number of aryl methyl sites for hydroxylation is 1. The van der Waals surface area contributed by atoms with Crippen molar-refractivity contribution in [2.75, 3.05) is 32.1 Å². The second-order valence-corrected chi connectivity index (χ2v) is 11.7. The van der Waals surface area contributed by atoms with Crippen LogP contribution in [0.3, 0.4) is 0 Å². The molecular formula is C32H39N3O2S. The molecular weight excluding hydrogens is 490 g/mol. The van der Waals surface area contributed by atoms with Crippen molar-refractivity contribution in [2.24, 2.45) is 0 Å². The highest BCUT2D eigenvalue weighted by atomic mass is 32.2. The molecule has 1 amide bonds. The summed E-state index contributed by atoms with van der Waals surface area (Å²) in [7, 11) is 1.69. The molecule has 5 nitrogen and oxygen atoms in total. The summed E-state index contributed by atoms with van der Waals surface area (Å²) >= 11 is 1.77. The average Bonchev–Trinajstić information content (AvgIpc) is 2.96. The predicted octanol–water partition coefficient (Wildman–Crippen LogP) is 6.62. The molecule has 3 aromatic carbocycles. The third kappa shape index (κ3) is 6.99. The molecule has 1 atom stereocenters. The van der Waals surface area contributed by atoms with Crippen molar-refractivity contribution < 1.29 is 9.53 Å². The molecule has 5 rings (SSSR count). The molecule has 2 fully saturated rings. The molecule has 6 heteroatoms. The van der Waals surface area contributed by atoms with E-state index in [4.69, 9.17) is 4.74 Å². The number of ether oxygens (including phenoxy) is 1. The smallest absolute Gasteiger partial charge is 0.241 e. The number of anilines is 1. The Morgan fingerprint density at radius 2 is 1.68 bits per heavy atom. The minimum Gasteiger partial charge on any atom is -0.497 e. The fourth-order valence-electron chi connectivity index (χ4n) is 5.57. The highest BCUT2D eigenvalue weighted by molar-refractivity contribution is 7.99. The Morgan fingerprint density at radius 1 is 0.974 bits per heavy atom. The molecule has 0 unspecified atom stereocenters. The third-order valence-corrected chi connectivity index (χ3v) is 8.84. The number of hydrogen-bond acceptors (Lipinski definition) is 5. The van der Waals surface area contributed by atoms with Crippen LogP contribution in [-0.2, 0) is 11.3 Å². The number of hydrogen-bond donors (Lipinski definition) is 2. The van der Waals surface area contributed by atoms with Gasteiger partial charge in [-0.1, -0.05) is 36.4 Å². The van der Waals surface area contributed by atoms with Crippen LogP contribution in [0.1, 0.15) is 54.7 Å². The zero-order chi connectivity index (χ0) is 26.3. The minimum atomic E-state index is -0.0631. The Labute approximate surface area is 231 Å². The van der Waals surface area contributed by atoms with Crippen molar-refractivity contribution in [2.45, 2.75) is 67.3 Å². The normalized spacial score (nSPS) is 18.7. The number of nitrogens with one attached hydrogen (secondary N) is 2. The zero-order valence-electron chi connectivity index (χ0n) is 22.5. The van der Waals surface area contributed by atoms with Crippen LogP contribution in [-0.4, -0.2) is 43.6 Å². The summed E-state index contributed by atoms with van der Waals surface area (Å²) < 4.78 is 5.25. The van der Waals surface area contributed by atoms with Crippen LogP contribution in [0.2, 0.25) is 0 Å². The fraction of sp³-hybridized carbons (Fsp3) is 0.406. The van der Waals surface area contributed by atoms with Crippen molar-refractivity contribution in [3.05, 3.63) is 83.4 Å². The largest absolute Gasteiger partial charge is 0.497 e. The molecule has 0 radical (unpaired) electrons. The molecule has 200 valence electrons. The van der Waals surface area contributed by atoms with Crippen LogP contribution < -0.4 is 15.4 Å². The van der Waals surface area contributed by atoms with E-state index in [-0.39, 0.29) is 11.9 Å². The first-order valence-corrected chi connectivity index (χ1v) is 14.7. The van der Waals surface area contributed by atoms with Crippen LogP contribution in [0.4, 0.5) is 5.69 Å². The lowest BCUT2D eigenvalue weighted by atomic mass is 9.86. The third-order valence-electron chi connectivity index (χ3n) is 7.83. The first-order chi connectivity index (χ1) is 18.6. The first-order valence-electron chi connectivity index (χ1n) is 13.9. The number of amides is 1. The second kappa shape index (κ2) is 12.8. The Kier molecular flexibility index (Phi) is 9.05. The van der Waals surface area contributed by atoms with E-state index in [0.717, 1.165) is 69.7 Å². The molecule has 0 spiro atoms. The molecule has 0 aliphatic carbocycles. The van der Waals surface area contributed by atoms with Crippen LogP contribution in [0.5, 0.6) is 5.75 Å². The van der Waals surface area contributed by atoms with Gasteiger partial charge in [0.1, 0.15) is 5.75 Å². The lowest BCUT2D eigenvalue weighted by molar-refractivity contribution is -0.118. The monoisotopic (exact) mass is 529 g/mol. The van der Waals surface area contributed by atoms with Gasteiger partial charge in [-0.2, -0.15) is 0 Å². The van der Waals surface area contributed by atoms with Crippen LogP contribution in [0, 0.1) is 6.92 Å². The van der Waals surface area contributed by atoms with Gasteiger partial charge < -0.3 is 15.4 Å². The summed E-state index contributed by atoms with van der Waals surface area (Å²) in [6.45, 7) is 6.30. The van der Waals surface area contributed by atoms with E-state index in [9.17, 15) is 4.79 Å². The number of benzene rings is 3. The molecule has 0 saturated carbocycles. The van der Waals surface area contributed by atoms with Crippen molar-refractivity contribution >= 4 is 23.4 Å². The van der Waals surface area contributed by atoms with Gasteiger partial charge in [0.15, 0.2) is 0 Å². The summed E-state index contributed by atoms with van der Waals surface area (Å²) in [5, 5.41) is 6.51. The maximum atomic E-state index is 12.7. The second-order valence-electron chi connectivity index (χ2n) is 10.5. The lowest BCUT2D eigenvalue weighted by Gasteiger charge is -2.33. The van der Waals surface area contributed by atoms with Crippen LogP contribution in [0.25, 0.3) is 0 Å². The Hall–Kier alpha value is -2.80. The molecule has 2 N–H and O–H groups in total. The average molecular weight is 530 g/mol. The number of methoxy groups -OCH3 is 1. The van der Waals surface area contributed by atoms with E-state index in [1.54, 1.807) is 18.9 Å². The minimum absolute atomic E-state index is 0.0631. The van der Waals surface area contributed by atoms with E-state index in [2.05, 4.69) is 71.0 Å². The first kappa shape index (κ1) is 26.8. The number of piperidine rings is 2. The zero-order valence-corrected chi connectivity index (χ0v) is 23.4. The standard InChI is InChI=1S/C32H39N3O2S/c1-23-6-9-26(34-32(36)31-5-3-4-18-33-31)21-30(23)25-16-19-35(20-17-25)22-24-7-12-28(13-8-24)38-29-14-10-27(37-2)11-15-29/h6-15,21,25,31,33H,3-5,16-20,22H2,1-2H3,(H,34,36)/t31-/m0/s1. The SMILES string of the molecule is COc1ccc(Sc2ccc(CN3CCC(c4cc(NC(=O)[C@@H]5CCCCN5)ccc4C)CC3)cc2)cc1. The van der Waals surface area contributed by atoms with Gasteiger partial charge in [0, 0.05) is 22.0 Å². The summed E-state index contributed by atoms with van der Waals surface area (Å²) in [5.41, 5.74) is 5.00. The highest BCUT2D eigenvalue weighted by Gasteiger charge is 2.24. The number of carbonyl (C=O) groups is 1. The quantitative estimate of drug-likeness (QED) is 0.344. The number of nitrogens with zero attached hydrogens (tertiary/aromatic N) is 1. The van der Waals surface area contributed by atoms with Crippen molar-refractivity contribution in [3.63, 3.8) is 0 Å². The summed E-state index contributed by atoms with van der Waals surface area (Å²) in [6.07, 6.45) is 5.50. The molecule has 0 aromatic heterocycles. The van der Waals surface area contributed by atoms with Crippen LogP contribution >= 0.6 is 11.8 Å². The van der Waals surface area contributed by atoms with Gasteiger partial charge in [-0.3, -0.25) is 9.69 Å². The molecule has 2 saturated heterocycles. The number of rotatable bonds is 8. The van der Waals surface area contributed by atoms with Gasteiger partial charge in [0.05, 0.1) is 13.2 Å². The molecule has 2 aliphatic heterocycles. The molecule has 0 bridgehead atoms. The van der Waals surface area contributed by atoms with E-state index in [1.807, 2.05) is 18.2 Å². The Balaban J connectivity index is 1.12. The summed E-state index contributed by atoms with van der Waals surface area (Å²) in [4.78, 5) is 17.7. The van der Waals surface area contributed by atoms with Crippen molar-refractivity contribution in [3.8, 4) is 5.75 Å². The van der Waals surface area contributed by atoms with Gasteiger partial charge in [-0.15, -0.1) is 0 Å². The Bertz CT molecular complexity index is 1200. The van der Waals surface area contributed by atoms with E-state index in [1.165, 1.54) is 26.5 Å². The topological polar surface area (TPSA) is 53.6 Å². The highest BCUT2D eigenvalue weighted by Crippen LogP contribution is 2.33. The lowest BCUT2D eigenvalue weighted by Crippen LogP contribution is -2.43. The molecule has 3 aromatic rings. The molecule has 2 heterocycles. The summed E-state index contributed by atoms with van der Waals surface area (Å²) in [6, 6.07) is 23.5. The summed E-state index contributed by atoms with van der Waals surface area (Å²) in [5.74, 6) is 1.53. The van der Waals surface area contributed by atoms with E-state index in [0.29, 0.717) is 5.92 Å². The Morgan fingerprint density at radius 3 is 2.34 bits per heavy atom. The van der Waals surface area contributed by atoms with Gasteiger partial charge in [0.25, 0.3) is 0 Å². The van der Waals surface area contributed by atoms with Gasteiger partial charge >= 0.3 is 0 Å². The predicted molar refractivity (Wildman–Crippen MR) is 156 cm³/mol. The maximum absolute atomic E-state index is 12.7. The molecule has 38 heavy (non-hydrogen) atoms. The van der Waals surface area contributed by atoms with E-state index < -0.39 is 0 Å². The van der Waals surface area contributed by atoms with Crippen molar-refractivity contribution in [1.82, 2.24) is 10.2 Å². The van der Waals surface area contributed by atoms with Crippen molar-refractivity contribution in [1.29, 1.82) is 0 Å². The van der Waals surface area contributed by atoms with Crippen LogP contribution in [0.15, 0.2) is 76.5 Å². The van der Waals surface area contributed by atoms with Gasteiger partial charge in [-0.25, -0.2) is 0 Å². The number of likely N-dealkylation sites (tertiary alicyclic amines) is 1. The molecule has 2 aliphatic rings. The number of carbonyl (C=O) groups excluding carboxylic acids is 1. The maximum Gasteiger partial charge on any atom is 0.241 e. The fourth-order valence-corrected chi connectivity index (χ4v) is 6.38.